The average Bonchev–Trinajstić information content (AvgIpc) is 3.12. The Morgan fingerprint density at radius 3 is 2.67 bits per heavy atom. The Hall–Kier alpha value is -1.21. The highest BCUT2D eigenvalue weighted by Crippen LogP contribution is 2.56. The third-order valence-corrected chi connectivity index (χ3v) is 7.38. The van der Waals surface area contributed by atoms with Crippen molar-refractivity contribution in [2.45, 2.75) is 44.7 Å². The molecule has 3 heterocycles. The molecule has 4 rings (SSSR count). The predicted molar refractivity (Wildman–Crippen MR) is 113 cm³/mol. The first kappa shape index (κ1) is 20.5. The minimum absolute atomic E-state index is 0. The molecule has 2 aliphatic rings. The zero-order valence-corrected chi connectivity index (χ0v) is 17.6. The van der Waals surface area contributed by atoms with Gasteiger partial charge in [-0.05, 0) is 71.6 Å². The molecule has 1 unspecified atom stereocenters. The number of nitrogens with zero attached hydrogens (tertiary/aromatic N) is 1. The number of halogens is 1. The van der Waals surface area contributed by atoms with Gasteiger partial charge in [-0.1, -0.05) is 6.07 Å². The van der Waals surface area contributed by atoms with Crippen LogP contribution in [0.25, 0.3) is 0 Å². The van der Waals surface area contributed by atoms with Crippen LogP contribution in [0.3, 0.4) is 0 Å². The second-order valence-corrected chi connectivity index (χ2v) is 9.11. The SMILES string of the molecule is Cl.O=C(CCC(=O)N(Cc1ccsc1)C1CC12CCNCC2)c1cccs1. The molecule has 0 bridgehead atoms. The molecule has 1 aliphatic carbocycles. The fourth-order valence-electron chi connectivity index (χ4n) is 4.10. The van der Waals surface area contributed by atoms with Gasteiger partial charge in [0.05, 0.1) is 4.88 Å². The van der Waals surface area contributed by atoms with Crippen LogP contribution in [0.4, 0.5) is 0 Å². The van der Waals surface area contributed by atoms with Crippen molar-refractivity contribution in [3.8, 4) is 0 Å². The number of thiophene rings is 2. The molecule has 27 heavy (non-hydrogen) atoms. The minimum atomic E-state index is 0. The summed E-state index contributed by atoms with van der Waals surface area (Å²) >= 11 is 3.12. The van der Waals surface area contributed by atoms with Crippen molar-refractivity contribution in [2.24, 2.45) is 5.41 Å². The lowest BCUT2D eigenvalue weighted by Gasteiger charge is -2.29. The van der Waals surface area contributed by atoms with Gasteiger partial charge in [-0.15, -0.1) is 23.7 Å². The lowest BCUT2D eigenvalue weighted by Crippen LogP contribution is -2.39. The average molecular weight is 425 g/mol. The Bertz CT molecular complexity index is 755. The summed E-state index contributed by atoms with van der Waals surface area (Å²) in [7, 11) is 0. The molecular formula is C20H25ClN2O2S2. The number of amides is 1. The van der Waals surface area contributed by atoms with Gasteiger partial charge in [-0.3, -0.25) is 9.59 Å². The highest BCUT2D eigenvalue weighted by Gasteiger charge is 2.57. The van der Waals surface area contributed by atoms with Crippen molar-refractivity contribution < 1.29 is 9.59 Å². The summed E-state index contributed by atoms with van der Waals surface area (Å²) in [6.07, 6.45) is 4.04. The second kappa shape index (κ2) is 8.86. The zero-order valence-electron chi connectivity index (χ0n) is 15.2. The van der Waals surface area contributed by atoms with Crippen LogP contribution in [0.2, 0.25) is 0 Å². The van der Waals surface area contributed by atoms with E-state index in [-0.39, 0.29) is 24.1 Å². The maximum absolute atomic E-state index is 13.0. The van der Waals surface area contributed by atoms with Gasteiger partial charge in [0.1, 0.15) is 0 Å². The molecule has 1 N–H and O–H groups in total. The smallest absolute Gasteiger partial charge is 0.223 e. The number of nitrogens with one attached hydrogen (secondary N) is 1. The second-order valence-electron chi connectivity index (χ2n) is 7.39. The molecule has 2 fully saturated rings. The highest BCUT2D eigenvalue weighted by atomic mass is 35.5. The molecule has 1 aliphatic heterocycles. The number of hydrogen-bond donors (Lipinski definition) is 1. The van der Waals surface area contributed by atoms with Crippen molar-refractivity contribution in [1.82, 2.24) is 10.2 Å². The minimum Gasteiger partial charge on any atom is -0.335 e. The number of ketones is 1. The zero-order chi connectivity index (χ0) is 18.0. The number of carbonyl (C=O) groups excluding carboxylic acids is 2. The summed E-state index contributed by atoms with van der Waals surface area (Å²) in [6.45, 7) is 2.77. The molecule has 1 saturated carbocycles. The van der Waals surface area contributed by atoms with Crippen LogP contribution in [0.5, 0.6) is 0 Å². The standard InChI is InChI=1S/C20H24N2O2S2.ClH/c23-16(17-2-1-10-26-17)3-4-19(24)22(13-15-5-11-25-14-15)18-12-20(18)6-8-21-9-7-20;/h1-2,5,10-11,14,18,21H,3-4,6-9,12-13H2;1H. The molecule has 7 heteroatoms. The van der Waals surface area contributed by atoms with E-state index in [0.717, 1.165) is 37.2 Å². The topological polar surface area (TPSA) is 49.4 Å². The summed E-state index contributed by atoms with van der Waals surface area (Å²) in [6, 6.07) is 6.16. The van der Waals surface area contributed by atoms with Gasteiger partial charge in [0, 0.05) is 25.4 Å². The number of Topliss-reactive ketones (excluding diaryl/α,β-unsaturated/α-hetero) is 1. The summed E-state index contributed by atoms with van der Waals surface area (Å²) < 4.78 is 0. The van der Waals surface area contributed by atoms with E-state index >= 15 is 0 Å². The van der Waals surface area contributed by atoms with Crippen LogP contribution in [-0.4, -0.2) is 35.7 Å². The molecule has 2 aromatic heterocycles. The van der Waals surface area contributed by atoms with Crippen molar-refractivity contribution in [1.29, 1.82) is 0 Å². The monoisotopic (exact) mass is 424 g/mol. The van der Waals surface area contributed by atoms with Crippen LogP contribution in [0.15, 0.2) is 34.3 Å². The lowest BCUT2D eigenvalue weighted by molar-refractivity contribution is -0.133. The first-order chi connectivity index (χ1) is 12.7. The Kier molecular flexibility index (Phi) is 6.74. The number of rotatable bonds is 7. The normalized spacial score (nSPS) is 20.1. The molecular weight excluding hydrogens is 400 g/mol. The number of hydrogen-bond acceptors (Lipinski definition) is 5. The molecule has 146 valence electrons. The largest absolute Gasteiger partial charge is 0.335 e. The maximum Gasteiger partial charge on any atom is 0.223 e. The van der Waals surface area contributed by atoms with E-state index in [1.54, 1.807) is 11.3 Å². The first-order valence-electron chi connectivity index (χ1n) is 9.26. The van der Waals surface area contributed by atoms with Crippen molar-refractivity contribution in [3.05, 3.63) is 44.8 Å². The van der Waals surface area contributed by atoms with E-state index in [1.807, 2.05) is 17.5 Å². The van der Waals surface area contributed by atoms with Crippen molar-refractivity contribution >= 4 is 46.8 Å². The summed E-state index contributed by atoms with van der Waals surface area (Å²) in [5.41, 5.74) is 1.51. The van der Waals surface area contributed by atoms with E-state index in [9.17, 15) is 9.59 Å². The quantitative estimate of drug-likeness (QED) is 0.671. The summed E-state index contributed by atoms with van der Waals surface area (Å²) in [5.74, 6) is 0.206. The van der Waals surface area contributed by atoms with E-state index in [2.05, 4.69) is 27.0 Å². The molecule has 1 amide bonds. The van der Waals surface area contributed by atoms with Gasteiger partial charge in [0.2, 0.25) is 5.91 Å². The van der Waals surface area contributed by atoms with Crippen LogP contribution in [-0.2, 0) is 11.3 Å². The fourth-order valence-corrected chi connectivity index (χ4v) is 5.46. The fraction of sp³-hybridized carbons (Fsp3) is 0.500. The molecule has 4 nitrogen and oxygen atoms in total. The van der Waals surface area contributed by atoms with E-state index in [0.29, 0.717) is 30.8 Å². The third-order valence-electron chi connectivity index (χ3n) is 5.74. The third kappa shape index (κ3) is 4.62. The lowest BCUT2D eigenvalue weighted by atomic mass is 9.93. The van der Waals surface area contributed by atoms with Gasteiger partial charge in [-0.25, -0.2) is 0 Å². The van der Waals surface area contributed by atoms with E-state index in [4.69, 9.17) is 0 Å². The Balaban J connectivity index is 0.00000210. The van der Waals surface area contributed by atoms with Crippen LogP contribution >= 0.6 is 35.1 Å². The number of piperidine rings is 1. The molecule has 0 radical (unpaired) electrons. The van der Waals surface area contributed by atoms with Gasteiger partial charge in [-0.2, -0.15) is 11.3 Å². The Labute approximate surface area is 174 Å². The van der Waals surface area contributed by atoms with E-state index < -0.39 is 0 Å². The van der Waals surface area contributed by atoms with Gasteiger partial charge in [0.25, 0.3) is 0 Å². The van der Waals surface area contributed by atoms with E-state index in [1.165, 1.54) is 16.9 Å². The first-order valence-corrected chi connectivity index (χ1v) is 11.1. The van der Waals surface area contributed by atoms with Crippen molar-refractivity contribution in [2.75, 3.05) is 13.1 Å². The molecule has 1 spiro atoms. The van der Waals surface area contributed by atoms with Crippen LogP contribution < -0.4 is 5.32 Å². The maximum atomic E-state index is 13.0. The summed E-state index contributed by atoms with van der Waals surface area (Å²) in [4.78, 5) is 28.1. The van der Waals surface area contributed by atoms with Crippen LogP contribution in [0, 0.1) is 5.41 Å². The molecule has 2 aromatic rings. The van der Waals surface area contributed by atoms with Crippen LogP contribution in [0.1, 0.15) is 47.3 Å². The predicted octanol–water partition coefficient (Wildman–Crippen LogP) is 4.37. The van der Waals surface area contributed by atoms with Gasteiger partial charge in [0.15, 0.2) is 5.78 Å². The Morgan fingerprint density at radius 2 is 2.00 bits per heavy atom. The van der Waals surface area contributed by atoms with Crippen molar-refractivity contribution in [3.63, 3.8) is 0 Å². The van der Waals surface area contributed by atoms with Gasteiger partial charge < -0.3 is 10.2 Å². The summed E-state index contributed by atoms with van der Waals surface area (Å²) in [5, 5.41) is 9.51. The highest BCUT2D eigenvalue weighted by molar-refractivity contribution is 7.12. The Morgan fingerprint density at radius 1 is 1.19 bits per heavy atom. The van der Waals surface area contributed by atoms with Gasteiger partial charge >= 0.3 is 0 Å². The molecule has 0 aromatic carbocycles. The number of carbonyl (C=O) groups is 2. The molecule has 1 atom stereocenters. The molecule has 1 saturated heterocycles.